The molecule has 0 radical (unpaired) electrons. The maximum atomic E-state index is 12.4. The number of amides is 3. The minimum atomic E-state index is -4.81. The van der Waals surface area contributed by atoms with Crippen LogP contribution in [0.5, 0.6) is 0 Å². The molecule has 2 heterocycles. The van der Waals surface area contributed by atoms with E-state index in [1.807, 2.05) is 0 Å². The van der Waals surface area contributed by atoms with Crippen molar-refractivity contribution in [1.29, 1.82) is 0 Å². The molecule has 1 saturated carbocycles. The van der Waals surface area contributed by atoms with Crippen LogP contribution < -0.4 is 11.2 Å². The number of hydroxylamine groups is 3. The first-order valence-corrected chi connectivity index (χ1v) is 10.6. The Morgan fingerprint density at radius 3 is 2.63 bits per heavy atom. The van der Waals surface area contributed by atoms with Crippen molar-refractivity contribution in [3.05, 3.63) is 0 Å². The van der Waals surface area contributed by atoms with Gasteiger partial charge in [-0.2, -0.15) is 13.5 Å². The highest BCUT2D eigenvalue weighted by atomic mass is 32.3. The number of nitrogens with two attached hydrogens (primary N) is 1. The van der Waals surface area contributed by atoms with Crippen LogP contribution in [0.1, 0.15) is 44.9 Å². The van der Waals surface area contributed by atoms with E-state index >= 15 is 0 Å². The molecule has 3 fully saturated rings. The number of urea groups is 1. The SMILES string of the molecule is NC(CONC(=O)[C@@H]1CC[C@@H]2CN1C(=O)N2OS(=O)(=O)O)C1CCCCC1. The highest BCUT2D eigenvalue weighted by Crippen LogP contribution is 2.30. The standard InChI is InChI=1S/C15H26N4O7S/c16-12(10-4-2-1-3-5-10)9-25-17-14(20)13-7-6-11-8-18(13)15(21)19(11)26-27(22,23)24/h10-13H,1-9,16H2,(H,17,20)(H,22,23,24)/t11-,12?,13+/m1/s1. The van der Waals surface area contributed by atoms with Gasteiger partial charge in [-0.15, -0.1) is 4.28 Å². The predicted molar refractivity (Wildman–Crippen MR) is 92.0 cm³/mol. The topological polar surface area (TPSA) is 151 Å². The molecular formula is C15H26N4O7S. The summed E-state index contributed by atoms with van der Waals surface area (Å²) < 4.78 is 34.9. The van der Waals surface area contributed by atoms with Crippen molar-refractivity contribution in [3.8, 4) is 0 Å². The van der Waals surface area contributed by atoms with Crippen LogP contribution in [0.3, 0.4) is 0 Å². The summed E-state index contributed by atoms with van der Waals surface area (Å²) in [7, 11) is -4.81. The molecule has 3 rings (SSSR count). The normalized spacial score (nSPS) is 27.7. The molecule has 27 heavy (non-hydrogen) atoms. The Balaban J connectivity index is 1.49. The van der Waals surface area contributed by atoms with Gasteiger partial charge in [-0.25, -0.2) is 10.3 Å². The zero-order chi connectivity index (χ0) is 19.6. The van der Waals surface area contributed by atoms with E-state index in [-0.39, 0.29) is 19.2 Å². The number of carbonyl (C=O) groups is 2. The van der Waals surface area contributed by atoms with Crippen LogP contribution in [0.2, 0.25) is 0 Å². The summed E-state index contributed by atoms with van der Waals surface area (Å²) in [6.45, 7) is 0.325. The molecule has 0 aromatic rings. The number of nitrogens with one attached hydrogen (secondary N) is 1. The van der Waals surface area contributed by atoms with Gasteiger partial charge in [0.25, 0.3) is 5.91 Å². The molecule has 2 saturated heterocycles. The van der Waals surface area contributed by atoms with E-state index in [9.17, 15) is 18.0 Å². The molecule has 3 atom stereocenters. The maximum absolute atomic E-state index is 12.4. The molecule has 2 aliphatic heterocycles. The Bertz CT molecular complexity index is 667. The highest BCUT2D eigenvalue weighted by molar-refractivity contribution is 7.80. The molecule has 0 aromatic carbocycles. The Morgan fingerprint density at radius 1 is 1.26 bits per heavy atom. The Morgan fingerprint density at radius 2 is 1.96 bits per heavy atom. The van der Waals surface area contributed by atoms with E-state index < -0.39 is 34.4 Å². The summed E-state index contributed by atoms with van der Waals surface area (Å²) in [5.74, 6) is -0.108. The van der Waals surface area contributed by atoms with E-state index in [2.05, 4.69) is 9.76 Å². The summed E-state index contributed by atoms with van der Waals surface area (Å²) >= 11 is 0. The monoisotopic (exact) mass is 406 g/mol. The lowest BCUT2D eigenvalue weighted by atomic mass is 9.84. The van der Waals surface area contributed by atoms with Gasteiger partial charge in [-0.05, 0) is 31.6 Å². The number of nitrogens with zero attached hydrogens (tertiary/aromatic N) is 2. The summed E-state index contributed by atoms with van der Waals surface area (Å²) in [6.07, 6.45) is 6.36. The number of hydrogen-bond donors (Lipinski definition) is 3. The summed E-state index contributed by atoms with van der Waals surface area (Å²) in [5, 5.41) is 0.600. The molecular weight excluding hydrogens is 380 g/mol. The third kappa shape index (κ3) is 4.88. The number of carbonyl (C=O) groups excluding carboxylic acids is 2. The fourth-order valence-electron chi connectivity index (χ4n) is 4.08. The van der Waals surface area contributed by atoms with Gasteiger partial charge >= 0.3 is 16.4 Å². The van der Waals surface area contributed by atoms with Gasteiger partial charge in [0, 0.05) is 12.6 Å². The van der Waals surface area contributed by atoms with Crippen molar-refractivity contribution in [3.63, 3.8) is 0 Å². The number of piperidine rings is 1. The van der Waals surface area contributed by atoms with Crippen LogP contribution in [-0.2, 0) is 24.3 Å². The van der Waals surface area contributed by atoms with Crippen molar-refractivity contribution in [2.75, 3.05) is 13.2 Å². The van der Waals surface area contributed by atoms with Gasteiger partial charge in [-0.3, -0.25) is 14.2 Å². The minimum Gasteiger partial charge on any atom is -0.325 e. The second-order valence-corrected chi connectivity index (χ2v) is 8.35. The van der Waals surface area contributed by atoms with Gasteiger partial charge in [0.05, 0.1) is 12.6 Å². The summed E-state index contributed by atoms with van der Waals surface area (Å²) in [6, 6.07) is -2.28. The molecule has 12 heteroatoms. The van der Waals surface area contributed by atoms with Gasteiger partial charge in [-0.1, -0.05) is 19.3 Å². The quantitative estimate of drug-likeness (QED) is 0.393. The molecule has 4 N–H and O–H groups in total. The molecule has 0 spiro atoms. The predicted octanol–water partition coefficient (Wildman–Crippen LogP) is -0.0552. The lowest BCUT2D eigenvalue weighted by molar-refractivity contribution is -0.139. The van der Waals surface area contributed by atoms with Crippen molar-refractivity contribution in [2.45, 2.75) is 63.1 Å². The van der Waals surface area contributed by atoms with Crippen LogP contribution in [0.15, 0.2) is 0 Å². The molecule has 1 aliphatic carbocycles. The highest BCUT2D eigenvalue weighted by Gasteiger charge is 2.49. The Labute approximate surface area is 158 Å². The maximum Gasteiger partial charge on any atom is 0.418 e. The Hall–Kier alpha value is -1.47. The molecule has 154 valence electrons. The zero-order valence-corrected chi connectivity index (χ0v) is 15.8. The fraction of sp³-hybridized carbons (Fsp3) is 0.867. The van der Waals surface area contributed by atoms with E-state index in [4.69, 9.17) is 15.1 Å². The lowest BCUT2D eigenvalue weighted by Gasteiger charge is -2.30. The fourth-order valence-corrected chi connectivity index (χ4v) is 4.47. The molecule has 0 aromatic heterocycles. The van der Waals surface area contributed by atoms with Gasteiger partial charge in [0.2, 0.25) is 0 Å². The van der Waals surface area contributed by atoms with Gasteiger partial charge in [0.15, 0.2) is 0 Å². The van der Waals surface area contributed by atoms with Crippen LogP contribution in [0, 0.1) is 5.92 Å². The minimum absolute atomic E-state index is 0.133. The van der Waals surface area contributed by atoms with E-state index in [0.717, 1.165) is 25.7 Å². The zero-order valence-electron chi connectivity index (χ0n) is 15.0. The van der Waals surface area contributed by atoms with Crippen molar-refractivity contribution < 1.29 is 31.7 Å². The Kier molecular flexibility index (Phi) is 6.21. The third-order valence-corrected chi connectivity index (χ3v) is 5.85. The number of hydrogen-bond acceptors (Lipinski definition) is 7. The first-order valence-electron chi connectivity index (χ1n) is 9.20. The number of rotatable bonds is 7. The van der Waals surface area contributed by atoms with Gasteiger partial charge in [0.1, 0.15) is 6.04 Å². The molecule has 3 amide bonds. The van der Waals surface area contributed by atoms with Crippen LogP contribution in [0.25, 0.3) is 0 Å². The van der Waals surface area contributed by atoms with Crippen molar-refractivity contribution in [2.24, 2.45) is 11.7 Å². The first-order chi connectivity index (χ1) is 12.8. The van der Waals surface area contributed by atoms with E-state index in [1.54, 1.807) is 0 Å². The average Bonchev–Trinajstić information content (AvgIpc) is 2.86. The summed E-state index contributed by atoms with van der Waals surface area (Å²) in [5.41, 5.74) is 8.48. The molecule has 1 unspecified atom stereocenters. The van der Waals surface area contributed by atoms with Crippen molar-refractivity contribution >= 4 is 22.3 Å². The summed E-state index contributed by atoms with van der Waals surface area (Å²) in [4.78, 5) is 31.1. The second kappa shape index (κ2) is 8.27. The van der Waals surface area contributed by atoms with Crippen LogP contribution in [0.4, 0.5) is 4.79 Å². The van der Waals surface area contributed by atoms with Gasteiger partial charge < -0.3 is 10.6 Å². The molecule has 3 aliphatic rings. The second-order valence-electron chi connectivity index (χ2n) is 7.35. The van der Waals surface area contributed by atoms with Crippen LogP contribution >= 0.6 is 0 Å². The molecule has 2 bridgehead atoms. The van der Waals surface area contributed by atoms with E-state index in [1.165, 1.54) is 11.3 Å². The van der Waals surface area contributed by atoms with Crippen molar-refractivity contribution in [1.82, 2.24) is 15.4 Å². The molecule has 11 nitrogen and oxygen atoms in total. The number of fused-ring (bicyclic) bond motifs is 2. The largest absolute Gasteiger partial charge is 0.418 e. The third-order valence-electron chi connectivity index (χ3n) is 5.50. The average molecular weight is 406 g/mol. The van der Waals surface area contributed by atoms with Crippen LogP contribution in [-0.4, -0.2) is 66.1 Å². The smallest absolute Gasteiger partial charge is 0.325 e. The van der Waals surface area contributed by atoms with E-state index in [0.29, 0.717) is 23.8 Å². The first kappa shape index (κ1) is 20.3. The lowest BCUT2D eigenvalue weighted by Crippen LogP contribution is -2.50.